The molecule has 0 atom stereocenters. The van der Waals surface area contributed by atoms with Gasteiger partial charge in [0.05, 0.1) is 16.8 Å². The number of para-hydroxylation sites is 2. The van der Waals surface area contributed by atoms with Crippen molar-refractivity contribution in [3.8, 4) is 0 Å². The Morgan fingerprint density at radius 1 is 1.48 bits per heavy atom. The number of thioether (sulfide) groups is 1. The van der Waals surface area contributed by atoms with E-state index in [9.17, 15) is 4.79 Å². The van der Waals surface area contributed by atoms with Crippen LogP contribution < -0.4 is 5.32 Å². The number of aromatic nitrogens is 2. The van der Waals surface area contributed by atoms with Crippen LogP contribution in [0.25, 0.3) is 11.0 Å². The molecule has 0 unspecified atom stereocenters. The summed E-state index contributed by atoms with van der Waals surface area (Å²) in [6.07, 6.45) is 1.68. The summed E-state index contributed by atoms with van der Waals surface area (Å²) in [5, 5.41) is 3.68. The Morgan fingerprint density at radius 3 is 2.95 bits per heavy atom. The summed E-state index contributed by atoms with van der Waals surface area (Å²) >= 11 is 1.48. The van der Waals surface area contributed by atoms with E-state index in [0.29, 0.717) is 18.2 Å². The summed E-state index contributed by atoms with van der Waals surface area (Å²) in [4.78, 5) is 16.4. The fourth-order valence-corrected chi connectivity index (χ4v) is 2.93. The van der Waals surface area contributed by atoms with Gasteiger partial charge < -0.3 is 9.88 Å². The largest absolute Gasteiger partial charge is 0.352 e. The van der Waals surface area contributed by atoms with Crippen molar-refractivity contribution < 1.29 is 4.79 Å². The first kappa shape index (κ1) is 15.6. The predicted octanol–water partition coefficient (Wildman–Crippen LogP) is 3.09. The Bertz CT molecular complexity index is 633. The van der Waals surface area contributed by atoms with Crippen LogP contribution in [0.4, 0.5) is 0 Å². The third kappa shape index (κ3) is 4.11. The lowest BCUT2D eigenvalue weighted by atomic mass is 10.2. The molecule has 0 aliphatic carbocycles. The molecule has 0 aliphatic rings. The highest BCUT2D eigenvalue weighted by atomic mass is 32.2. The topological polar surface area (TPSA) is 46.9 Å². The minimum atomic E-state index is 0.00283. The molecule has 2 rings (SSSR count). The van der Waals surface area contributed by atoms with Crippen molar-refractivity contribution in [1.29, 1.82) is 0 Å². The van der Waals surface area contributed by atoms with Gasteiger partial charge in [0.15, 0.2) is 5.16 Å². The molecule has 0 bridgehead atoms. The third-order valence-corrected chi connectivity index (χ3v) is 3.92. The van der Waals surface area contributed by atoms with E-state index >= 15 is 0 Å². The molecule has 0 saturated heterocycles. The number of rotatable bonds is 7. The predicted molar refractivity (Wildman–Crippen MR) is 88.5 cm³/mol. The van der Waals surface area contributed by atoms with Crippen LogP contribution in [-0.2, 0) is 11.3 Å². The second-order valence-electron chi connectivity index (χ2n) is 5.27. The quantitative estimate of drug-likeness (QED) is 0.631. The lowest BCUT2D eigenvalue weighted by Gasteiger charge is -2.11. The molecule has 0 aliphatic heterocycles. The van der Waals surface area contributed by atoms with E-state index in [2.05, 4.69) is 41.4 Å². The monoisotopic (exact) mass is 303 g/mol. The molecule has 0 spiro atoms. The minimum Gasteiger partial charge on any atom is -0.352 e. The van der Waals surface area contributed by atoms with Crippen molar-refractivity contribution in [3.63, 3.8) is 0 Å². The highest BCUT2D eigenvalue weighted by Crippen LogP contribution is 2.25. The molecular weight excluding hydrogens is 282 g/mol. The lowest BCUT2D eigenvalue weighted by molar-refractivity contribution is -0.118. The Hall–Kier alpha value is -1.75. The Morgan fingerprint density at radius 2 is 2.24 bits per heavy atom. The van der Waals surface area contributed by atoms with E-state index < -0.39 is 0 Å². The van der Waals surface area contributed by atoms with Gasteiger partial charge in [0.1, 0.15) is 0 Å². The van der Waals surface area contributed by atoms with Crippen molar-refractivity contribution in [2.75, 3.05) is 12.3 Å². The SMILES string of the molecule is C=CCNC(=O)CSc1nc2ccccc2n1CC(C)C. The molecule has 1 N–H and O–H groups in total. The van der Waals surface area contributed by atoms with Gasteiger partial charge in [-0.3, -0.25) is 4.79 Å². The summed E-state index contributed by atoms with van der Waals surface area (Å²) in [6.45, 7) is 9.35. The average molecular weight is 303 g/mol. The number of hydrogen-bond acceptors (Lipinski definition) is 3. The number of amides is 1. The van der Waals surface area contributed by atoms with Crippen LogP contribution in [0, 0.1) is 5.92 Å². The first-order valence-corrected chi connectivity index (χ1v) is 8.06. The minimum absolute atomic E-state index is 0.00283. The van der Waals surface area contributed by atoms with Crippen molar-refractivity contribution in [3.05, 3.63) is 36.9 Å². The van der Waals surface area contributed by atoms with E-state index in [1.807, 2.05) is 18.2 Å². The first-order valence-electron chi connectivity index (χ1n) is 7.07. The highest BCUT2D eigenvalue weighted by molar-refractivity contribution is 7.99. The molecule has 5 heteroatoms. The Labute approximate surface area is 129 Å². The van der Waals surface area contributed by atoms with E-state index in [1.165, 1.54) is 11.8 Å². The molecule has 112 valence electrons. The number of nitrogens with zero attached hydrogens (tertiary/aromatic N) is 2. The molecule has 1 amide bonds. The number of benzene rings is 1. The molecule has 0 fully saturated rings. The van der Waals surface area contributed by atoms with Gasteiger partial charge in [0.25, 0.3) is 0 Å². The van der Waals surface area contributed by atoms with Crippen LogP contribution in [-0.4, -0.2) is 27.8 Å². The third-order valence-electron chi connectivity index (χ3n) is 2.94. The molecule has 1 heterocycles. The van der Waals surface area contributed by atoms with E-state index in [-0.39, 0.29) is 5.91 Å². The van der Waals surface area contributed by atoms with Crippen LogP contribution in [0.1, 0.15) is 13.8 Å². The zero-order chi connectivity index (χ0) is 15.2. The summed E-state index contributed by atoms with van der Waals surface area (Å²) in [7, 11) is 0. The smallest absolute Gasteiger partial charge is 0.230 e. The van der Waals surface area contributed by atoms with Crippen LogP contribution in [0.2, 0.25) is 0 Å². The van der Waals surface area contributed by atoms with Crippen molar-refractivity contribution in [1.82, 2.24) is 14.9 Å². The fourth-order valence-electron chi connectivity index (χ4n) is 2.07. The zero-order valence-electron chi connectivity index (χ0n) is 12.5. The molecule has 1 aromatic heterocycles. The second-order valence-corrected chi connectivity index (χ2v) is 6.21. The van der Waals surface area contributed by atoms with Crippen LogP contribution in [0.3, 0.4) is 0 Å². The van der Waals surface area contributed by atoms with Gasteiger partial charge in [-0.1, -0.05) is 43.8 Å². The van der Waals surface area contributed by atoms with Gasteiger partial charge in [-0.2, -0.15) is 0 Å². The maximum Gasteiger partial charge on any atom is 0.230 e. The molecule has 4 nitrogen and oxygen atoms in total. The standard InChI is InChI=1S/C16H21N3OS/c1-4-9-17-15(20)11-21-16-18-13-7-5-6-8-14(13)19(16)10-12(2)3/h4-8,12H,1,9-11H2,2-3H3,(H,17,20). The second kappa shape index (κ2) is 7.31. The molecule has 2 aromatic rings. The molecular formula is C16H21N3OS. The van der Waals surface area contributed by atoms with Crippen molar-refractivity contribution in [2.45, 2.75) is 25.5 Å². The zero-order valence-corrected chi connectivity index (χ0v) is 13.3. The van der Waals surface area contributed by atoms with Crippen LogP contribution in [0.15, 0.2) is 42.1 Å². The molecule has 0 radical (unpaired) electrons. The van der Waals surface area contributed by atoms with E-state index in [0.717, 1.165) is 22.7 Å². The van der Waals surface area contributed by atoms with Gasteiger partial charge in [0.2, 0.25) is 5.91 Å². The van der Waals surface area contributed by atoms with Crippen molar-refractivity contribution >= 4 is 28.7 Å². The van der Waals surface area contributed by atoms with Crippen LogP contribution >= 0.6 is 11.8 Å². The maximum absolute atomic E-state index is 11.7. The van der Waals surface area contributed by atoms with Crippen molar-refractivity contribution in [2.24, 2.45) is 5.92 Å². The number of hydrogen-bond donors (Lipinski definition) is 1. The van der Waals surface area contributed by atoms with Gasteiger partial charge in [-0.15, -0.1) is 6.58 Å². The summed E-state index contributed by atoms with van der Waals surface area (Å²) in [6, 6.07) is 8.09. The van der Waals surface area contributed by atoms with Gasteiger partial charge in [-0.05, 0) is 18.1 Å². The molecule has 1 aromatic carbocycles. The molecule has 21 heavy (non-hydrogen) atoms. The Kier molecular flexibility index (Phi) is 5.44. The summed E-state index contributed by atoms with van der Waals surface area (Å²) < 4.78 is 2.20. The number of imidazole rings is 1. The van der Waals surface area contributed by atoms with Gasteiger partial charge >= 0.3 is 0 Å². The molecule has 0 saturated carbocycles. The number of carbonyl (C=O) groups is 1. The summed E-state index contributed by atoms with van der Waals surface area (Å²) in [5.74, 6) is 0.898. The normalized spacial score (nSPS) is 11.0. The van der Waals surface area contributed by atoms with E-state index in [4.69, 9.17) is 0 Å². The van der Waals surface area contributed by atoms with Crippen LogP contribution in [0.5, 0.6) is 0 Å². The van der Waals surface area contributed by atoms with E-state index in [1.54, 1.807) is 6.08 Å². The number of fused-ring (bicyclic) bond motifs is 1. The first-order chi connectivity index (χ1) is 10.1. The fraction of sp³-hybridized carbons (Fsp3) is 0.375. The number of nitrogens with one attached hydrogen (secondary N) is 1. The lowest BCUT2D eigenvalue weighted by Crippen LogP contribution is -2.25. The van der Waals surface area contributed by atoms with Gasteiger partial charge in [0, 0.05) is 13.1 Å². The average Bonchev–Trinajstić information content (AvgIpc) is 2.80. The Balaban J connectivity index is 2.17. The van der Waals surface area contributed by atoms with Gasteiger partial charge in [-0.25, -0.2) is 4.98 Å². The summed E-state index contributed by atoms with van der Waals surface area (Å²) in [5.41, 5.74) is 2.10. The number of carbonyl (C=O) groups excluding carboxylic acids is 1. The highest BCUT2D eigenvalue weighted by Gasteiger charge is 2.13. The maximum atomic E-state index is 11.7.